The number of carbonyl (C=O) groups is 1. The molecule has 17 heavy (non-hydrogen) atoms. The molecule has 3 rings (SSSR count). The van der Waals surface area contributed by atoms with E-state index >= 15 is 0 Å². The summed E-state index contributed by atoms with van der Waals surface area (Å²) in [6.07, 6.45) is 3.95. The fourth-order valence-electron chi connectivity index (χ4n) is 1.70. The zero-order valence-electron chi connectivity index (χ0n) is 8.79. The summed E-state index contributed by atoms with van der Waals surface area (Å²) in [4.78, 5) is 26.4. The van der Waals surface area contributed by atoms with Crippen molar-refractivity contribution in [2.75, 3.05) is 0 Å². The van der Waals surface area contributed by atoms with Crippen LogP contribution in [0.3, 0.4) is 0 Å². The summed E-state index contributed by atoms with van der Waals surface area (Å²) in [6, 6.07) is 7.37. The Labute approximate surface area is 96.6 Å². The highest BCUT2D eigenvalue weighted by Crippen LogP contribution is 2.22. The van der Waals surface area contributed by atoms with Crippen LogP contribution in [0.1, 0.15) is 10.5 Å². The number of hydrogen-bond acceptors (Lipinski definition) is 4. The lowest BCUT2D eigenvalue weighted by molar-refractivity contribution is 0.112. The second kappa shape index (κ2) is 3.79. The minimum Gasteiger partial charge on any atom is -0.343 e. The lowest BCUT2D eigenvalue weighted by Crippen LogP contribution is -1.94. The van der Waals surface area contributed by atoms with Crippen LogP contribution in [0.15, 0.2) is 36.8 Å². The molecule has 1 N–H and O–H groups in total. The average molecular weight is 224 g/mol. The van der Waals surface area contributed by atoms with Gasteiger partial charge in [0, 0.05) is 11.8 Å². The number of aromatic nitrogens is 4. The van der Waals surface area contributed by atoms with Crippen molar-refractivity contribution in [3.8, 4) is 11.3 Å². The van der Waals surface area contributed by atoms with Crippen molar-refractivity contribution in [3.05, 3.63) is 42.5 Å². The number of fused-ring (bicyclic) bond motifs is 1. The molecule has 0 saturated heterocycles. The summed E-state index contributed by atoms with van der Waals surface area (Å²) >= 11 is 0. The third-order valence-corrected chi connectivity index (χ3v) is 2.49. The molecule has 0 amide bonds. The van der Waals surface area contributed by atoms with Gasteiger partial charge >= 0.3 is 0 Å². The van der Waals surface area contributed by atoms with Crippen LogP contribution in [-0.4, -0.2) is 26.2 Å². The van der Waals surface area contributed by atoms with Crippen molar-refractivity contribution in [2.24, 2.45) is 0 Å². The molecule has 0 atom stereocenters. The number of nitrogens with zero attached hydrogens (tertiary/aromatic N) is 3. The maximum Gasteiger partial charge on any atom is 0.178 e. The summed E-state index contributed by atoms with van der Waals surface area (Å²) in [6.45, 7) is 0. The van der Waals surface area contributed by atoms with Crippen molar-refractivity contribution in [2.45, 2.75) is 0 Å². The molecule has 3 aromatic heterocycles. The molecule has 0 radical (unpaired) electrons. The van der Waals surface area contributed by atoms with Crippen molar-refractivity contribution in [1.82, 2.24) is 19.9 Å². The number of hydrogen-bond donors (Lipinski definition) is 1. The maximum atomic E-state index is 11.0. The van der Waals surface area contributed by atoms with Crippen LogP contribution in [0.5, 0.6) is 0 Å². The van der Waals surface area contributed by atoms with E-state index in [1.807, 2.05) is 24.3 Å². The quantitative estimate of drug-likeness (QED) is 0.674. The molecule has 0 bridgehead atoms. The number of carbonyl (C=O) groups excluding carboxylic acids is 1. The number of pyridine rings is 2. The fourth-order valence-corrected chi connectivity index (χ4v) is 1.70. The second-order valence-electron chi connectivity index (χ2n) is 3.53. The van der Waals surface area contributed by atoms with Gasteiger partial charge in [0.1, 0.15) is 5.69 Å². The summed E-state index contributed by atoms with van der Waals surface area (Å²) < 4.78 is 0. The van der Waals surface area contributed by atoms with Gasteiger partial charge in [0.05, 0.1) is 17.5 Å². The highest BCUT2D eigenvalue weighted by Gasteiger charge is 2.10. The van der Waals surface area contributed by atoms with Crippen LogP contribution in [-0.2, 0) is 0 Å². The van der Waals surface area contributed by atoms with Crippen molar-refractivity contribution in [1.29, 1.82) is 0 Å². The first-order chi connectivity index (χ1) is 8.38. The minimum atomic E-state index is 0.350. The Balaban J connectivity index is 2.30. The molecular weight excluding hydrogens is 216 g/mol. The van der Waals surface area contributed by atoms with E-state index in [1.165, 1.54) is 0 Å². The monoisotopic (exact) mass is 224 g/mol. The van der Waals surface area contributed by atoms with Crippen LogP contribution in [0.2, 0.25) is 0 Å². The molecule has 0 aliphatic heterocycles. The van der Waals surface area contributed by atoms with Gasteiger partial charge < -0.3 is 4.98 Å². The van der Waals surface area contributed by atoms with E-state index in [9.17, 15) is 4.79 Å². The third-order valence-electron chi connectivity index (χ3n) is 2.49. The molecule has 0 aromatic carbocycles. The molecule has 0 fully saturated rings. The Morgan fingerprint density at radius 1 is 1.24 bits per heavy atom. The van der Waals surface area contributed by atoms with Crippen molar-refractivity contribution in [3.63, 3.8) is 0 Å². The third kappa shape index (κ3) is 1.57. The molecule has 0 saturated carbocycles. The largest absolute Gasteiger partial charge is 0.343 e. The van der Waals surface area contributed by atoms with Crippen LogP contribution in [0.4, 0.5) is 0 Å². The zero-order valence-corrected chi connectivity index (χ0v) is 8.79. The Bertz CT molecular complexity index is 675. The SMILES string of the molecule is O=Cc1nc2nc[nH]c2cc1-c1ccccn1. The molecular formula is C12H8N4O. The van der Waals surface area contributed by atoms with Crippen LogP contribution >= 0.6 is 0 Å². The number of rotatable bonds is 2. The van der Waals surface area contributed by atoms with Gasteiger partial charge in [-0.2, -0.15) is 0 Å². The van der Waals surface area contributed by atoms with E-state index in [1.54, 1.807) is 12.5 Å². The zero-order chi connectivity index (χ0) is 11.7. The molecule has 3 heterocycles. The van der Waals surface area contributed by atoms with Gasteiger partial charge in [0.15, 0.2) is 11.9 Å². The summed E-state index contributed by atoms with van der Waals surface area (Å²) in [5.74, 6) is 0. The smallest absolute Gasteiger partial charge is 0.178 e. The normalized spacial score (nSPS) is 10.6. The fraction of sp³-hybridized carbons (Fsp3) is 0. The second-order valence-corrected chi connectivity index (χ2v) is 3.53. The number of imidazole rings is 1. The van der Waals surface area contributed by atoms with E-state index in [0.29, 0.717) is 16.9 Å². The van der Waals surface area contributed by atoms with Gasteiger partial charge in [0.2, 0.25) is 0 Å². The number of aromatic amines is 1. The van der Waals surface area contributed by atoms with Gasteiger partial charge in [-0.15, -0.1) is 0 Å². The van der Waals surface area contributed by atoms with E-state index in [2.05, 4.69) is 19.9 Å². The molecule has 0 aliphatic carbocycles. The first-order valence-electron chi connectivity index (χ1n) is 5.09. The predicted molar refractivity (Wildman–Crippen MR) is 62.5 cm³/mol. The summed E-state index contributed by atoms with van der Waals surface area (Å²) in [5, 5.41) is 0. The number of H-pyrrole nitrogens is 1. The summed E-state index contributed by atoms with van der Waals surface area (Å²) in [5.41, 5.74) is 3.10. The molecule has 5 nitrogen and oxygen atoms in total. The van der Waals surface area contributed by atoms with E-state index in [4.69, 9.17) is 0 Å². The van der Waals surface area contributed by atoms with E-state index < -0.39 is 0 Å². The van der Waals surface area contributed by atoms with E-state index in [0.717, 1.165) is 17.5 Å². The average Bonchev–Trinajstić information content (AvgIpc) is 2.85. The molecule has 3 aromatic rings. The van der Waals surface area contributed by atoms with Crippen LogP contribution in [0, 0.1) is 0 Å². The molecule has 0 aliphatic rings. The van der Waals surface area contributed by atoms with Gasteiger partial charge in [-0.05, 0) is 18.2 Å². The highest BCUT2D eigenvalue weighted by atomic mass is 16.1. The van der Waals surface area contributed by atoms with Crippen LogP contribution in [0.25, 0.3) is 22.4 Å². The predicted octanol–water partition coefficient (Wildman–Crippen LogP) is 1.83. The maximum absolute atomic E-state index is 11.0. The molecule has 82 valence electrons. The van der Waals surface area contributed by atoms with Crippen molar-refractivity contribution < 1.29 is 4.79 Å². The molecule has 5 heteroatoms. The van der Waals surface area contributed by atoms with Crippen LogP contribution < -0.4 is 0 Å². The Kier molecular flexibility index (Phi) is 2.15. The van der Waals surface area contributed by atoms with Crippen molar-refractivity contribution >= 4 is 17.5 Å². The highest BCUT2D eigenvalue weighted by molar-refractivity contribution is 5.89. The number of aldehydes is 1. The first-order valence-corrected chi connectivity index (χ1v) is 5.09. The lowest BCUT2D eigenvalue weighted by Gasteiger charge is -2.02. The van der Waals surface area contributed by atoms with Gasteiger partial charge in [-0.1, -0.05) is 6.07 Å². The lowest BCUT2D eigenvalue weighted by atomic mass is 10.1. The topological polar surface area (TPSA) is 71.5 Å². The van der Waals surface area contributed by atoms with Gasteiger partial charge in [0.25, 0.3) is 0 Å². The van der Waals surface area contributed by atoms with Gasteiger partial charge in [-0.25, -0.2) is 9.97 Å². The first kappa shape index (κ1) is 9.65. The number of nitrogens with one attached hydrogen (secondary N) is 1. The summed E-state index contributed by atoms with van der Waals surface area (Å²) in [7, 11) is 0. The standard InChI is InChI=1S/C12H8N4O/c17-6-11-8(9-3-1-2-4-13-9)5-10-12(16-11)15-7-14-10/h1-7H,(H,14,15,16). The molecule has 0 unspecified atom stereocenters. The Morgan fingerprint density at radius 2 is 2.18 bits per heavy atom. The minimum absolute atomic E-state index is 0.350. The van der Waals surface area contributed by atoms with E-state index in [-0.39, 0.29) is 0 Å². The van der Waals surface area contributed by atoms with Gasteiger partial charge in [-0.3, -0.25) is 9.78 Å². The molecule has 0 spiro atoms. The Hall–Kier alpha value is -2.56. The Morgan fingerprint density at radius 3 is 2.94 bits per heavy atom.